The monoisotopic (exact) mass is 191 g/mol. The fourth-order valence-corrected chi connectivity index (χ4v) is 0.886. The van der Waals surface area contributed by atoms with Gasteiger partial charge in [-0.3, -0.25) is 10.1 Å². The predicted octanol–water partition coefficient (Wildman–Crippen LogP) is 1.30. The Bertz CT molecular complexity index is 416. The van der Waals surface area contributed by atoms with Crippen LogP contribution in [-0.4, -0.2) is 15.8 Å². The van der Waals surface area contributed by atoms with Gasteiger partial charge in [0.1, 0.15) is 6.07 Å². The quantitative estimate of drug-likeness (QED) is 0.329. The van der Waals surface area contributed by atoms with E-state index in [1.807, 2.05) is 0 Å². The molecule has 0 spiro atoms. The van der Waals surface area contributed by atoms with Crippen LogP contribution in [0.25, 0.3) is 0 Å². The number of nitro groups is 1. The van der Waals surface area contributed by atoms with Crippen LogP contribution in [-0.2, 0) is 0 Å². The molecule has 0 radical (unpaired) electrons. The summed E-state index contributed by atoms with van der Waals surface area (Å²) in [6, 6.07) is 6.80. The summed E-state index contributed by atoms with van der Waals surface area (Å²) >= 11 is 0. The highest BCUT2D eigenvalue weighted by atomic mass is 16.6. The SMILES string of the molecule is N#CC(=NO)c1ccc([N+](=O)[O-])cc1. The molecule has 14 heavy (non-hydrogen) atoms. The van der Waals surface area contributed by atoms with Gasteiger partial charge in [0.05, 0.1) is 4.92 Å². The molecule has 0 heterocycles. The molecule has 0 aromatic heterocycles. The zero-order chi connectivity index (χ0) is 10.6. The lowest BCUT2D eigenvalue weighted by molar-refractivity contribution is -0.384. The van der Waals surface area contributed by atoms with Gasteiger partial charge in [0, 0.05) is 17.7 Å². The van der Waals surface area contributed by atoms with Gasteiger partial charge in [-0.15, -0.1) is 0 Å². The van der Waals surface area contributed by atoms with Crippen molar-refractivity contribution in [1.82, 2.24) is 0 Å². The Morgan fingerprint density at radius 2 is 2.07 bits per heavy atom. The van der Waals surface area contributed by atoms with Crippen LogP contribution in [0.5, 0.6) is 0 Å². The van der Waals surface area contributed by atoms with Crippen LogP contribution in [0.15, 0.2) is 29.4 Å². The van der Waals surface area contributed by atoms with E-state index in [-0.39, 0.29) is 11.4 Å². The first-order valence-electron chi connectivity index (χ1n) is 3.56. The maximum absolute atomic E-state index is 10.3. The highest BCUT2D eigenvalue weighted by molar-refractivity contribution is 6.11. The van der Waals surface area contributed by atoms with Crippen molar-refractivity contribution in [2.75, 3.05) is 0 Å². The molecule has 70 valence electrons. The van der Waals surface area contributed by atoms with Gasteiger partial charge in [0.15, 0.2) is 5.71 Å². The topological polar surface area (TPSA) is 99.5 Å². The van der Waals surface area contributed by atoms with Crippen LogP contribution in [0, 0.1) is 21.4 Å². The van der Waals surface area contributed by atoms with Gasteiger partial charge in [-0.2, -0.15) is 5.26 Å². The number of hydrogen-bond donors (Lipinski definition) is 1. The highest BCUT2D eigenvalue weighted by Crippen LogP contribution is 2.12. The fraction of sp³-hybridized carbons (Fsp3) is 0. The molecule has 0 saturated carbocycles. The zero-order valence-corrected chi connectivity index (χ0v) is 6.91. The summed E-state index contributed by atoms with van der Waals surface area (Å²) in [6.45, 7) is 0. The van der Waals surface area contributed by atoms with Crippen LogP contribution in [0.1, 0.15) is 5.56 Å². The number of non-ortho nitro benzene ring substituents is 1. The summed E-state index contributed by atoms with van der Waals surface area (Å²) in [5.74, 6) is 0. The lowest BCUT2D eigenvalue weighted by Crippen LogP contribution is -1.97. The van der Waals surface area contributed by atoms with E-state index in [4.69, 9.17) is 10.5 Å². The maximum Gasteiger partial charge on any atom is 0.269 e. The standard InChI is InChI=1S/C8H5N3O3/c9-5-8(10-12)6-1-3-7(4-2-6)11(13)14/h1-4,12H. The summed E-state index contributed by atoms with van der Waals surface area (Å²) < 4.78 is 0. The van der Waals surface area contributed by atoms with Crippen molar-refractivity contribution in [3.63, 3.8) is 0 Å². The summed E-state index contributed by atoms with van der Waals surface area (Å²) in [4.78, 5) is 9.73. The molecular formula is C8H5N3O3. The molecule has 1 rings (SSSR count). The minimum Gasteiger partial charge on any atom is -0.410 e. The van der Waals surface area contributed by atoms with Crippen LogP contribution in [0.2, 0.25) is 0 Å². The largest absolute Gasteiger partial charge is 0.410 e. The fourth-order valence-electron chi connectivity index (χ4n) is 0.886. The number of benzene rings is 1. The molecule has 0 unspecified atom stereocenters. The molecule has 0 aliphatic heterocycles. The van der Waals surface area contributed by atoms with E-state index < -0.39 is 4.92 Å². The van der Waals surface area contributed by atoms with Crippen molar-refractivity contribution < 1.29 is 10.1 Å². The second-order valence-corrected chi connectivity index (χ2v) is 2.36. The summed E-state index contributed by atoms with van der Waals surface area (Å²) in [5, 5.41) is 29.9. The third-order valence-corrected chi connectivity index (χ3v) is 1.56. The molecule has 1 aromatic carbocycles. The normalized spacial score (nSPS) is 10.6. The first kappa shape index (κ1) is 9.67. The molecule has 0 bridgehead atoms. The van der Waals surface area contributed by atoms with Gasteiger partial charge in [-0.25, -0.2) is 0 Å². The molecule has 6 heteroatoms. The summed E-state index contributed by atoms with van der Waals surface area (Å²) in [7, 11) is 0. The van der Waals surface area contributed by atoms with E-state index >= 15 is 0 Å². The minimum atomic E-state index is -0.550. The van der Waals surface area contributed by atoms with Crippen LogP contribution < -0.4 is 0 Å². The number of rotatable bonds is 2. The van der Waals surface area contributed by atoms with Crippen molar-refractivity contribution in [3.8, 4) is 6.07 Å². The number of nitro benzene ring substituents is 1. The number of oxime groups is 1. The molecule has 0 saturated heterocycles. The second kappa shape index (κ2) is 4.00. The van der Waals surface area contributed by atoms with Crippen molar-refractivity contribution in [3.05, 3.63) is 39.9 Å². The van der Waals surface area contributed by atoms with E-state index in [1.165, 1.54) is 24.3 Å². The summed E-state index contributed by atoms with van der Waals surface area (Å²) in [5.41, 5.74) is 0.0736. The minimum absolute atomic E-state index is 0.0796. The van der Waals surface area contributed by atoms with Gasteiger partial charge >= 0.3 is 0 Å². The summed E-state index contributed by atoms with van der Waals surface area (Å²) in [6.07, 6.45) is 0. The highest BCUT2D eigenvalue weighted by Gasteiger charge is 2.07. The molecular weight excluding hydrogens is 186 g/mol. The van der Waals surface area contributed by atoms with Crippen molar-refractivity contribution in [1.29, 1.82) is 5.26 Å². The number of nitrogens with zero attached hydrogens (tertiary/aromatic N) is 3. The molecule has 6 nitrogen and oxygen atoms in total. The average molecular weight is 191 g/mol. The molecule has 0 aliphatic carbocycles. The Morgan fingerprint density at radius 3 is 2.43 bits per heavy atom. The Labute approximate surface area is 78.9 Å². The maximum atomic E-state index is 10.3. The van der Waals surface area contributed by atoms with E-state index in [0.717, 1.165) is 0 Å². The second-order valence-electron chi connectivity index (χ2n) is 2.36. The van der Waals surface area contributed by atoms with Crippen LogP contribution in [0.4, 0.5) is 5.69 Å². The van der Waals surface area contributed by atoms with E-state index in [0.29, 0.717) is 5.56 Å². The van der Waals surface area contributed by atoms with Gasteiger partial charge in [-0.05, 0) is 12.1 Å². The van der Waals surface area contributed by atoms with Gasteiger partial charge in [-0.1, -0.05) is 5.16 Å². The average Bonchev–Trinajstić information content (AvgIpc) is 2.20. The smallest absolute Gasteiger partial charge is 0.269 e. The van der Waals surface area contributed by atoms with Gasteiger partial charge in [0.2, 0.25) is 0 Å². The molecule has 1 aromatic rings. The van der Waals surface area contributed by atoms with Crippen molar-refractivity contribution in [2.24, 2.45) is 5.16 Å². The first-order valence-corrected chi connectivity index (χ1v) is 3.56. The van der Waals surface area contributed by atoms with E-state index in [2.05, 4.69) is 5.16 Å². The zero-order valence-electron chi connectivity index (χ0n) is 6.91. The third-order valence-electron chi connectivity index (χ3n) is 1.56. The lowest BCUT2D eigenvalue weighted by Gasteiger charge is -1.94. The molecule has 1 N–H and O–H groups in total. The Kier molecular flexibility index (Phi) is 2.76. The van der Waals surface area contributed by atoms with Gasteiger partial charge < -0.3 is 5.21 Å². The van der Waals surface area contributed by atoms with Crippen molar-refractivity contribution in [2.45, 2.75) is 0 Å². The Balaban J connectivity index is 3.07. The van der Waals surface area contributed by atoms with Gasteiger partial charge in [0.25, 0.3) is 5.69 Å². The Morgan fingerprint density at radius 1 is 1.50 bits per heavy atom. The van der Waals surface area contributed by atoms with E-state index in [9.17, 15) is 10.1 Å². The molecule has 0 aliphatic rings. The van der Waals surface area contributed by atoms with Crippen LogP contribution in [0.3, 0.4) is 0 Å². The molecule has 0 amide bonds. The third kappa shape index (κ3) is 1.84. The van der Waals surface area contributed by atoms with Crippen LogP contribution >= 0.6 is 0 Å². The number of nitriles is 1. The Hall–Kier alpha value is -2.42. The van der Waals surface area contributed by atoms with Crippen molar-refractivity contribution >= 4 is 11.4 Å². The number of hydrogen-bond acceptors (Lipinski definition) is 5. The van der Waals surface area contributed by atoms with E-state index in [1.54, 1.807) is 6.07 Å². The predicted molar refractivity (Wildman–Crippen MR) is 47.0 cm³/mol. The molecule has 0 atom stereocenters. The first-order chi connectivity index (χ1) is 6.69. The molecule has 0 fully saturated rings. The lowest BCUT2D eigenvalue weighted by atomic mass is 10.1.